The Labute approximate surface area is 149 Å². The van der Waals surface area contributed by atoms with Gasteiger partial charge in [0.15, 0.2) is 0 Å². The number of nitrogens with one attached hydrogen (secondary N) is 1. The van der Waals surface area contributed by atoms with E-state index < -0.39 is 11.9 Å². The molecule has 0 saturated heterocycles. The fourth-order valence-corrected chi connectivity index (χ4v) is 2.32. The van der Waals surface area contributed by atoms with Crippen LogP contribution < -0.4 is 14.8 Å². The molecule has 0 bridgehead atoms. The summed E-state index contributed by atoms with van der Waals surface area (Å²) < 4.78 is 10.3. The van der Waals surface area contributed by atoms with Crippen LogP contribution >= 0.6 is 11.6 Å². The molecule has 0 radical (unpaired) electrons. The normalized spacial score (nSPS) is 10.9. The monoisotopic (exact) mass is 361 g/mol. The van der Waals surface area contributed by atoms with Gasteiger partial charge in [-0.15, -0.1) is 0 Å². The topological polar surface area (TPSA) is 84.9 Å². The van der Waals surface area contributed by atoms with E-state index in [1.807, 2.05) is 0 Å². The van der Waals surface area contributed by atoms with Crippen LogP contribution in [0.3, 0.4) is 0 Å². The van der Waals surface area contributed by atoms with E-state index in [1.165, 1.54) is 26.4 Å². The molecule has 0 heterocycles. The van der Waals surface area contributed by atoms with Crippen LogP contribution in [0.5, 0.6) is 11.5 Å². The lowest BCUT2D eigenvalue weighted by Gasteiger charge is -2.10. The lowest BCUT2D eigenvalue weighted by Crippen LogP contribution is -2.27. The third-order valence-corrected chi connectivity index (χ3v) is 3.66. The molecule has 25 heavy (non-hydrogen) atoms. The number of aliphatic carboxylic acids is 1. The number of ether oxygens (including phenoxy) is 2. The molecule has 130 valence electrons. The number of hydrogen-bond donors (Lipinski definition) is 2. The summed E-state index contributed by atoms with van der Waals surface area (Å²) in [5.74, 6) is -0.966. The standard InChI is InChI=1S/C18H16ClNO5/c1-24-12-7-8-16(25-2)11(9-12)10-15(18(22)23)20-17(21)13-5-3-4-6-14(13)19/h3-10H,1-2H3,(H,20,21)(H,22,23)/b15-10+. The Morgan fingerprint density at radius 1 is 1.12 bits per heavy atom. The molecule has 6 nitrogen and oxygen atoms in total. The molecule has 0 fully saturated rings. The Hall–Kier alpha value is -2.99. The van der Waals surface area contributed by atoms with Crippen LogP contribution in [-0.4, -0.2) is 31.2 Å². The molecular formula is C18H16ClNO5. The smallest absolute Gasteiger partial charge is 0.352 e. The summed E-state index contributed by atoms with van der Waals surface area (Å²) in [5, 5.41) is 12.0. The maximum atomic E-state index is 12.3. The number of carboxylic acid groups (broad SMARTS) is 1. The van der Waals surface area contributed by atoms with Crippen LogP contribution in [0.1, 0.15) is 15.9 Å². The zero-order chi connectivity index (χ0) is 18.4. The van der Waals surface area contributed by atoms with E-state index in [4.69, 9.17) is 21.1 Å². The van der Waals surface area contributed by atoms with Gasteiger partial charge in [0, 0.05) is 5.56 Å². The third kappa shape index (κ3) is 4.51. The lowest BCUT2D eigenvalue weighted by molar-refractivity contribution is -0.132. The van der Waals surface area contributed by atoms with Crippen molar-refractivity contribution in [2.75, 3.05) is 14.2 Å². The SMILES string of the molecule is COc1ccc(OC)c(/C=C(/NC(=O)c2ccccc2Cl)C(=O)O)c1. The molecule has 0 atom stereocenters. The van der Waals surface area contributed by atoms with E-state index in [0.717, 1.165) is 0 Å². The Kier molecular flexibility index (Phi) is 6.03. The summed E-state index contributed by atoms with van der Waals surface area (Å²) in [6.07, 6.45) is 1.29. The van der Waals surface area contributed by atoms with Crippen LogP contribution in [0.15, 0.2) is 48.2 Å². The summed E-state index contributed by atoms with van der Waals surface area (Å²) in [4.78, 5) is 23.8. The number of methoxy groups -OCH3 is 2. The molecule has 1 amide bonds. The van der Waals surface area contributed by atoms with Gasteiger partial charge in [-0.2, -0.15) is 0 Å². The molecule has 0 aliphatic rings. The highest BCUT2D eigenvalue weighted by Crippen LogP contribution is 2.26. The van der Waals surface area contributed by atoms with Gasteiger partial charge >= 0.3 is 5.97 Å². The number of halogens is 1. The summed E-state index contributed by atoms with van der Waals surface area (Å²) >= 11 is 5.97. The zero-order valence-electron chi connectivity index (χ0n) is 13.6. The fourth-order valence-electron chi connectivity index (χ4n) is 2.09. The molecule has 2 aromatic carbocycles. The van der Waals surface area contributed by atoms with Crippen LogP contribution in [0.2, 0.25) is 5.02 Å². The fraction of sp³-hybridized carbons (Fsp3) is 0.111. The van der Waals surface area contributed by atoms with E-state index in [2.05, 4.69) is 5.32 Å². The van der Waals surface area contributed by atoms with Crippen molar-refractivity contribution in [3.8, 4) is 11.5 Å². The molecule has 0 aromatic heterocycles. The summed E-state index contributed by atoms with van der Waals surface area (Å²) in [6, 6.07) is 11.3. The molecule has 0 saturated carbocycles. The van der Waals surface area contributed by atoms with Gasteiger partial charge in [-0.1, -0.05) is 23.7 Å². The first-order chi connectivity index (χ1) is 12.0. The van der Waals surface area contributed by atoms with Crippen molar-refractivity contribution >= 4 is 29.6 Å². The van der Waals surface area contributed by atoms with Gasteiger partial charge in [0.25, 0.3) is 5.91 Å². The first kappa shape index (κ1) is 18.4. The summed E-state index contributed by atoms with van der Waals surface area (Å²) in [7, 11) is 2.95. The maximum absolute atomic E-state index is 12.3. The summed E-state index contributed by atoms with van der Waals surface area (Å²) in [5.41, 5.74) is 0.295. The molecule has 0 aliphatic heterocycles. The highest BCUT2D eigenvalue weighted by atomic mass is 35.5. The van der Waals surface area contributed by atoms with Crippen molar-refractivity contribution in [3.05, 3.63) is 64.3 Å². The second-order valence-electron chi connectivity index (χ2n) is 4.91. The second-order valence-corrected chi connectivity index (χ2v) is 5.31. The van der Waals surface area contributed by atoms with Crippen molar-refractivity contribution in [2.24, 2.45) is 0 Å². The lowest BCUT2D eigenvalue weighted by atomic mass is 10.1. The quantitative estimate of drug-likeness (QED) is 0.772. The van der Waals surface area contributed by atoms with E-state index in [9.17, 15) is 14.7 Å². The van der Waals surface area contributed by atoms with E-state index in [0.29, 0.717) is 17.1 Å². The average molecular weight is 362 g/mol. The van der Waals surface area contributed by atoms with Crippen LogP contribution in [0.4, 0.5) is 0 Å². The van der Waals surface area contributed by atoms with Gasteiger partial charge < -0.3 is 19.9 Å². The second kappa shape index (κ2) is 8.21. The van der Waals surface area contributed by atoms with Gasteiger partial charge in [-0.05, 0) is 36.4 Å². The van der Waals surface area contributed by atoms with E-state index in [-0.39, 0.29) is 16.3 Å². The number of hydrogen-bond acceptors (Lipinski definition) is 4. The molecule has 2 N–H and O–H groups in total. The molecule has 7 heteroatoms. The van der Waals surface area contributed by atoms with Crippen molar-refractivity contribution in [2.45, 2.75) is 0 Å². The van der Waals surface area contributed by atoms with Crippen LogP contribution in [0.25, 0.3) is 6.08 Å². The van der Waals surface area contributed by atoms with Crippen molar-refractivity contribution < 1.29 is 24.2 Å². The Morgan fingerprint density at radius 3 is 2.44 bits per heavy atom. The summed E-state index contributed by atoms with van der Waals surface area (Å²) in [6.45, 7) is 0. The highest BCUT2D eigenvalue weighted by molar-refractivity contribution is 6.34. The number of carbonyl (C=O) groups is 2. The first-order valence-corrected chi connectivity index (χ1v) is 7.57. The number of carbonyl (C=O) groups excluding carboxylic acids is 1. The third-order valence-electron chi connectivity index (χ3n) is 3.33. The maximum Gasteiger partial charge on any atom is 0.352 e. The molecule has 0 spiro atoms. The van der Waals surface area contributed by atoms with Gasteiger partial charge in [0.2, 0.25) is 0 Å². The van der Waals surface area contributed by atoms with Crippen molar-refractivity contribution in [1.82, 2.24) is 5.32 Å². The molecular weight excluding hydrogens is 346 g/mol. The van der Waals surface area contributed by atoms with Crippen LogP contribution in [-0.2, 0) is 4.79 Å². The Morgan fingerprint density at radius 2 is 1.84 bits per heavy atom. The Balaban J connectivity index is 2.38. The predicted molar refractivity (Wildman–Crippen MR) is 94.1 cm³/mol. The predicted octanol–water partition coefficient (Wildman–Crippen LogP) is 3.21. The minimum atomic E-state index is -1.30. The van der Waals surface area contributed by atoms with Gasteiger partial charge in [0.1, 0.15) is 17.2 Å². The van der Waals surface area contributed by atoms with Gasteiger partial charge in [0.05, 0.1) is 24.8 Å². The zero-order valence-corrected chi connectivity index (χ0v) is 14.3. The minimum absolute atomic E-state index is 0.175. The molecule has 0 aliphatic carbocycles. The number of benzene rings is 2. The van der Waals surface area contributed by atoms with Crippen LogP contribution in [0, 0.1) is 0 Å². The van der Waals surface area contributed by atoms with Crippen molar-refractivity contribution in [3.63, 3.8) is 0 Å². The van der Waals surface area contributed by atoms with E-state index in [1.54, 1.807) is 36.4 Å². The number of amides is 1. The Bertz CT molecular complexity index is 832. The molecule has 2 rings (SSSR count). The first-order valence-electron chi connectivity index (χ1n) is 7.19. The highest BCUT2D eigenvalue weighted by Gasteiger charge is 2.16. The number of carboxylic acids is 1. The average Bonchev–Trinajstić information content (AvgIpc) is 2.61. The number of rotatable bonds is 6. The molecule has 0 unspecified atom stereocenters. The largest absolute Gasteiger partial charge is 0.497 e. The van der Waals surface area contributed by atoms with Gasteiger partial charge in [-0.3, -0.25) is 4.79 Å². The molecule has 2 aromatic rings. The van der Waals surface area contributed by atoms with Gasteiger partial charge in [-0.25, -0.2) is 4.79 Å². The van der Waals surface area contributed by atoms with E-state index >= 15 is 0 Å². The minimum Gasteiger partial charge on any atom is -0.497 e. The van der Waals surface area contributed by atoms with Crippen molar-refractivity contribution in [1.29, 1.82) is 0 Å².